The Bertz CT molecular complexity index is 738. The summed E-state index contributed by atoms with van der Waals surface area (Å²) in [6.07, 6.45) is -8.72. The normalized spacial score (nSPS) is 12.2. The van der Waals surface area contributed by atoms with Crippen molar-refractivity contribution >= 4 is 58.0 Å². The third-order valence-electron chi connectivity index (χ3n) is 3.05. The van der Waals surface area contributed by atoms with Crippen LogP contribution in [0.1, 0.15) is 31.9 Å². The Balaban J connectivity index is 0.000000271. The molecule has 0 radical (unpaired) electrons. The van der Waals surface area contributed by atoms with Crippen molar-refractivity contribution < 1.29 is 26.3 Å². The zero-order valence-corrected chi connectivity index (χ0v) is 16.6. The second-order valence-corrected chi connectivity index (χ2v) is 7.55. The first-order valence-electron chi connectivity index (χ1n) is 6.83. The second kappa shape index (κ2) is 9.79. The fraction of sp³-hybridized carbons (Fsp3) is 0.250. The molecule has 0 N–H and O–H groups in total. The maximum Gasteiger partial charge on any atom is 0.416 e. The molecule has 0 atom stereocenters. The molecule has 0 spiro atoms. The first kappa shape index (κ1) is 24.5. The van der Waals surface area contributed by atoms with E-state index in [4.69, 9.17) is 58.0 Å². The van der Waals surface area contributed by atoms with E-state index in [2.05, 4.69) is 0 Å². The molecule has 2 rings (SSSR count). The van der Waals surface area contributed by atoms with Gasteiger partial charge in [-0.25, -0.2) is 0 Å². The topological polar surface area (TPSA) is 0 Å². The van der Waals surface area contributed by atoms with Crippen LogP contribution in [0.15, 0.2) is 42.5 Å². The van der Waals surface area contributed by atoms with Crippen LogP contribution in [0.25, 0.3) is 0 Å². The van der Waals surface area contributed by atoms with E-state index in [9.17, 15) is 26.3 Å². The second-order valence-electron chi connectivity index (χ2n) is 4.96. The predicted octanol–water partition coefficient (Wildman–Crippen LogP) is 9.02. The van der Waals surface area contributed by atoms with Crippen LogP contribution in [-0.4, -0.2) is 0 Å². The smallest absolute Gasteiger partial charge is 0.166 e. The average Bonchev–Trinajstić information content (AvgIpc) is 2.53. The number of halogens is 11. The number of alkyl halides is 10. The number of hydrogen-bond acceptors (Lipinski definition) is 0. The molecule has 0 bridgehead atoms. The van der Waals surface area contributed by atoms with Gasteiger partial charge < -0.3 is 0 Å². The number of benzene rings is 2. The fourth-order valence-corrected chi connectivity index (χ4v) is 2.77. The van der Waals surface area contributed by atoms with Crippen LogP contribution in [0.4, 0.5) is 26.3 Å². The molecule has 0 aromatic heterocycles. The van der Waals surface area contributed by atoms with E-state index in [0.717, 1.165) is 30.3 Å². The predicted molar refractivity (Wildman–Crippen MR) is 96.8 cm³/mol. The summed E-state index contributed by atoms with van der Waals surface area (Å²) in [7, 11) is 0. The fourth-order valence-electron chi connectivity index (χ4n) is 1.70. The van der Waals surface area contributed by atoms with E-state index in [0.29, 0.717) is 5.56 Å². The highest BCUT2D eigenvalue weighted by Crippen LogP contribution is 2.36. The molecule has 2 aromatic rings. The molecular formula is C16H9Cl5F6. The minimum Gasteiger partial charge on any atom is -0.166 e. The quantitative estimate of drug-likeness (QED) is 0.290. The molecule has 0 nitrogen and oxygen atoms in total. The summed E-state index contributed by atoms with van der Waals surface area (Å²) < 4.78 is 72.7. The van der Waals surface area contributed by atoms with Crippen LogP contribution in [0.2, 0.25) is 5.02 Å². The van der Waals surface area contributed by atoms with Gasteiger partial charge >= 0.3 is 12.4 Å². The highest BCUT2D eigenvalue weighted by atomic mass is 35.5. The summed E-state index contributed by atoms with van der Waals surface area (Å²) in [6, 6.07) is 7.27. The van der Waals surface area contributed by atoms with Crippen molar-refractivity contribution in [2.75, 3.05) is 0 Å². The van der Waals surface area contributed by atoms with Crippen molar-refractivity contribution in [2.24, 2.45) is 0 Å². The van der Waals surface area contributed by atoms with E-state index < -0.39 is 33.2 Å². The first-order chi connectivity index (χ1) is 12.2. The SMILES string of the molecule is FC(F)(F)c1ccc(C(Cl)Cl)c(Cl)c1.FC(F)(F)c1ccc(C(Cl)Cl)cc1. The van der Waals surface area contributed by atoms with Crippen LogP contribution < -0.4 is 0 Å². The summed E-state index contributed by atoms with van der Waals surface area (Å²) in [4.78, 5) is -1.72. The van der Waals surface area contributed by atoms with E-state index in [1.807, 2.05) is 0 Å². The standard InChI is InChI=1S/C8H4Cl3F3.C8H5Cl2F3/c9-6-3-4(8(12,13)14)1-2-5(6)7(10)11;9-7(10)5-1-3-6(4-2-5)8(11,12)13/h1-3,7H;1-4,7H. The molecule has 0 aliphatic carbocycles. The van der Waals surface area contributed by atoms with Crippen molar-refractivity contribution in [1.29, 1.82) is 0 Å². The van der Waals surface area contributed by atoms with Crippen LogP contribution in [0.3, 0.4) is 0 Å². The van der Waals surface area contributed by atoms with Crippen molar-refractivity contribution in [1.82, 2.24) is 0 Å². The molecule has 0 heterocycles. The molecule has 0 fully saturated rings. The Morgan fingerprint density at radius 2 is 1.07 bits per heavy atom. The van der Waals surface area contributed by atoms with Gasteiger partial charge in [-0.15, -0.1) is 46.4 Å². The lowest BCUT2D eigenvalue weighted by Crippen LogP contribution is -2.05. The summed E-state index contributed by atoms with van der Waals surface area (Å²) in [5.74, 6) is 0. The maximum absolute atomic E-state index is 12.2. The van der Waals surface area contributed by atoms with Crippen LogP contribution in [0, 0.1) is 0 Å². The van der Waals surface area contributed by atoms with Gasteiger partial charge in [0.05, 0.1) is 11.1 Å². The largest absolute Gasteiger partial charge is 0.416 e. The third-order valence-corrected chi connectivity index (χ3v) is 4.35. The van der Waals surface area contributed by atoms with E-state index >= 15 is 0 Å². The van der Waals surface area contributed by atoms with Crippen molar-refractivity contribution in [3.8, 4) is 0 Å². The molecule has 0 saturated heterocycles. The lowest BCUT2D eigenvalue weighted by Gasteiger charge is -2.09. The molecule has 27 heavy (non-hydrogen) atoms. The Kier molecular flexibility index (Phi) is 8.89. The lowest BCUT2D eigenvalue weighted by atomic mass is 10.1. The van der Waals surface area contributed by atoms with Gasteiger partial charge in [-0.05, 0) is 29.8 Å². The highest BCUT2D eigenvalue weighted by Gasteiger charge is 2.31. The Morgan fingerprint density at radius 3 is 1.41 bits per heavy atom. The summed E-state index contributed by atoms with van der Waals surface area (Å²) in [5.41, 5.74) is -0.801. The van der Waals surface area contributed by atoms with Gasteiger partial charge in [-0.2, -0.15) is 26.3 Å². The van der Waals surface area contributed by atoms with Crippen molar-refractivity contribution in [3.05, 3.63) is 69.7 Å². The molecule has 0 unspecified atom stereocenters. The number of hydrogen-bond donors (Lipinski definition) is 0. The molecule has 0 aliphatic rings. The number of rotatable bonds is 2. The van der Waals surface area contributed by atoms with E-state index in [-0.39, 0.29) is 10.6 Å². The molecule has 11 heteroatoms. The zero-order valence-electron chi connectivity index (χ0n) is 12.9. The maximum atomic E-state index is 12.2. The molecule has 0 amide bonds. The molecule has 0 saturated carbocycles. The summed E-state index contributed by atoms with van der Waals surface area (Å²) >= 11 is 27.4. The van der Waals surface area contributed by atoms with Gasteiger partial charge in [0.2, 0.25) is 0 Å². The van der Waals surface area contributed by atoms with Gasteiger partial charge in [0.1, 0.15) is 9.67 Å². The van der Waals surface area contributed by atoms with Gasteiger partial charge in [-0.3, -0.25) is 0 Å². The monoisotopic (exact) mass is 490 g/mol. The summed E-state index contributed by atoms with van der Waals surface area (Å²) in [5, 5.41) is -0.0881. The molecule has 2 aromatic carbocycles. The van der Waals surface area contributed by atoms with Crippen LogP contribution in [-0.2, 0) is 12.4 Å². The van der Waals surface area contributed by atoms with Crippen LogP contribution >= 0.6 is 58.0 Å². The highest BCUT2D eigenvalue weighted by molar-refractivity contribution is 6.45. The van der Waals surface area contributed by atoms with Gasteiger partial charge in [-0.1, -0.05) is 29.8 Å². The zero-order chi connectivity index (χ0) is 21.0. The minimum absolute atomic E-state index is 0.0881. The molecule has 150 valence electrons. The van der Waals surface area contributed by atoms with Crippen molar-refractivity contribution in [3.63, 3.8) is 0 Å². The van der Waals surface area contributed by atoms with E-state index in [1.54, 1.807) is 0 Å². The van der Waals surface area contributed by atoms with Gasteiger partial charge in [0, 0.05) is 10.6 Å². The van der Waals surface area contributed by atoms with Gasteiger partial charge in [0.15, 0.2) is 0 Å². The lowest BCUT2D eigenvalue weighted by molar-refractivity contribution is -0.138. The Hall–Kier alpha value is -0.530. The Morgan fingerprint density at radius 1 is 0.630 bits per heavy atom. The average molecular weight is 493 g/mol. The first-order valence-corrected chi connectivity index (χ1v) is 8.96. The summed E-state index contributed by atoms with van der Waals surface area (Å²) in [6.45, 7) is 0. The van der Waals surface area contributed by atoms with E-state index in [1.165, 1.54) is 12.1 Å². The molecular weight excluding hydrogens is 483 g/mol. The van der Waals surface area contributed by atoms with Crippen LogP contribution in [0.5, 0.6) is 0 Å². The Labute approximate surface area is 175 Å². The molecule has 0 aliphatic heterocycles. The third kappa shape index (κ3) is 7.78. The van der Waals surface area contributed by atoms with Gasteiger partial charge in [0.25, 0.3) is 0 Å². The minimum atomic E-state index is -4.41. The van der Waals surface area contributed by atoms with Crippen molar-refractivity contribution in [2.45, 2.75) is 22.0 Å².